The maximum absolute atomic E-state index is 13.2. The minimum atomic E-state index is -1.06. The molecule has 1 aromatic carbocycles. The molecule has 4 aromatic rings. The van der Waals surface area contributed by atoms with Crippen LogP contribution in [0.4, 0.5) is 11.4 Å². The predicted octanol–water partition coefficient (Wildman–Crippen LogP) is 2.49. The van der Waals surface area contributed by atoms with E-state index in [4.69, 9.17) is 4.74 Å². The van der Waals surface area contributed by atoms with Crippen LogP contribution in [0.15, 0.2) is 59.9 Å². The highest BCUT2D eigenvalue weighted by Crippen LogP contribution is 2.33. The van der Waals surface area contributed by atoms with Gasteiger partial charge in [0.2, 0.25) is 11.8 Å². The van der Waals surface area contributed by atoms with Gasteiger partial charge in [-0.2, -0.15) is 5.10 Å². The molecule has 11 heteroatoms. The second kappa shape index (κ2) is 9.56. The predicted molar refractivity (Wildman–Crippen MR) is 141 cm³/mol. The molecule has 0 atom stereocenters. The summed E-state index contributed by atoms with van der Waals surface area (Å²) in [6, 6.07) is 11.2. The van der Waals surface area contributed by atoms with Crippen molar-refractivity contribution in [1.82, 2.24) is 29.2 Å². The van der Waals surface area contributed by atoms with Crippen molar-refractivity contribution in [2.24, 2.45) is 5.92 Å². The lowest BCUT2D eigenvalue weighted by Crippen LogP contribution is -2.50. The number of ether oxygens (including phenoxy) is 1. The van der Waals surface area contributed by atoms with E-state index in [0.717, 1.165) is 29.9 Å². The van der Waals surface area contributed by atoms with Crippen LogP contribution in [0.3, 0.4) is 0 Å². The van der Waals surface area contributed by atoms with Crippen LogP contribution in [0.25, 0.3) is 16.7 Å². The number of hydrogen-bond donors (Lipinski definition) is 2. The first-order valence-electron chi connectivity index (χ1n) is 12.7. The number of carbonyl (C=O) groups excluding carboxylic acids is 1. The minimum absolute atomic E-state index is 0.131. The number of hydrogen-bond acceptors (Lipinski definition) is 8. The van der Waals surface area contributed by atoms with Crippen molar-refractivity contribution in [3.05, 3.63) is 65.5 Å². The van der Waals surface area contributed by atoms with E-state index >= 15 is 0 Å². The number of nitrogens with zero attached hydrogens (tertiary/aromatic N) is 6. The Kier molecular flexibility index (Phi) is 6.07. The van der Waals surface area contributed by atoms with Crippen LogP contribution >= 0.6 is 0 Å². The molecule has 2 fully saturated rings. The summed E-state index contributed by atoms with van der Waals surface area (Å²) in [5, 5.41) is 19.2. The lowest BCUT2D eigenvalue weighted by atomic mass is 9.91. The zero-order valence-electron chi connectivity index (χ0n) is 21.1. The summed E-state index contributed by atoms with van der Waals surface area (Å²) in [5.41, 5.74) is 1.59. The van der Waals surface area contributed by atoms with Gasteiger partial charge in [0.05, 0.1) is 43.0 Å². The number of fused-ring (bicyclic) bond motifs is 1. The summed E-state index contributed by atoms with van der Waals surface area (Å²) in [7, 11) is 1.57. The van der Waals surface area contributed by atoms with Crippen molar-refractivity contribution >= 4 is 28.3 Å². The fourth-order valence-electron chi connectivity index (χ4n) is 4.88. The van der Waals surface area contributed by atoms with Gasteiger partial charge in [-0.05, 0) is 56.0 Å². The number of carbonyl (C=O) groups is 1. The highest BCUT2D eigenvalue weighted by Gasteiger charge is 2.39. The van der Waals surface area contributed by atoms with Crippen molar-refractivity contribution in [2.45, 2.75) is 37.8 Å². The van der Waals surface area contributed by atoms with Gasteiger partial charge in [-0.3, -0.25) is 14.2 Å². The highest BCUT2D eigenvalue weighted by molar-refractivity contribution is 5.81. The molecule has 1 amide bonds. The molecule has 0 spiro atoms. The Labute approximate surface area is 218 Å². The second-order valence-electron chi connectivity index (χ2n) is 10.1. The molecule has 1 saturated heterocycles. The number of pyridine rings is 1. The van der Waals surface area contributed by atoms with Crippen molar-refractivity contribution in [2.75, 3.05) is 25.5 Å². The molecule has 4 heterocycles. The third-order valence-corrected chi connectivity index (χ3v) is 7.30. The molecule has 11 nitrogen and oxygen atoms in total. The van der Waals surface area contributed by atoms with Gasteiger partial charge in [-0.25, -0.2) is 14.6 Å². The van der Waals surface area contributed by atoms with Gasteiger partial charge in [0.15, 0.2) is 5.65 Å². The first-order chi connectivity index (χ1) is 18.4. The molecular weight excluding hydrogens is 486 g/mol. The van der Waals surface area contributed by atoms with Gasteiger partial charge in [0.1, 0.15) is 11.7 Å². The average Bonchev–Trinajstić information content (AvgIpc) is 3.70. The monoisotopic (exact) mass is 515 g/mol. The molecule has 1 aliphatic carbocycles. The standard InChI is InChI=1S/C27H29N7O4/c1-38-23-9-6-20(14-28-23)31-19-4-7-21(8-5-19)34-24-22(15-30-34)26(36)33(17-29-24)16-27(37)10-12-32(13-11-27)25(35)18-2-3-18/h4-9,14-15,17-18,31,37H,2-3,10-13,16H2,1H3. The summed E-state index contributed by atoms with van der Waals surface area (Å²) >= 11 is 0. The maximum atomic E-state index is 13.2. The van der Waals surface area contributed by atoms with Gasteiger partial charge >= 0.3 is 0 Å². The number of amides is 1. The number of aliphatic hydroxyl groups is 1. The summed E-state index contributed by atoms with van der Waals surface area (Å²) in [5.74, 6) is 0.911. The van der Waals surface area contributed by atoms with Crippen LogP contribution in [0.5, 0.6) is 5.88 Å². The first-order valence-corrected chi connectivity index (χ1v) is 12.7. The average molecular weight is 516 g/mol. The van der Waals surface area contributed by atoms with Crippen LogP contribution < -0.4 is 15.6 Å². The lowest BCUT2D eigenvalue weighted by molar-refractivity contribution is -0.137. The van der Waals surface area contributed by atoms with Gasteiger partial charge in [0, 0.05) is 30.8 Å². The Morgan fingerprint density at radius 1 is 1.08 bits per heavy atom. The summed E-state index contributed by atoms with van der Waals surface area (Å²) in [6.45, 7) is 1.15. The Hall–Kier alpha value is -4.25. The number of benzene rings is 1. The molecule has 0 bridgehead atoms. The van der Waals surface area contributed by atoms with Crippen molar-refractivity contribution in [1.29, 1.82) is 0 Å². The number of methoxy groups -OCH3 is 1. The largest absolute Gasteiger partial charge is 0.481 e. The van der Waals surface area contributed by atoms with E-state index in [9.17, 15) is 14.7 Å². The second-order valence-corrected chi connectivity index (χ2v) is 10.1. The molecular formula is C27H29N7O4. The number of nitrogens with one attached hydrogen (secondary N) is 1. The van der Waals surface area contributed by atoms with Gasteiger partial charge in [-0.1, -0.05) is 0 Å². The first kappa shape index (κ1) is 24.1. The van der Waals surface area contributed by atoms with Crippen molar-refractivity contribution < 1.29 is 14.6 Å². The van der Waals surface area contributed by atoms with Crippen LogP contribution in [-0.2, 0) is 11.3 Å². The summed E-state index contributed by atoms with van der Waals surface area (Å²) < 4.78 is 8.16. The third kappa shape index (κ3) is 4.72. The molecule has 2 aliphatic rings. The zero-order chi connectivity index (χ0) is 26.3. The molecule has 0 radical (unpaired) electrons. The quantitative estimate of drug-likeness (QED) is 0.384. The molecule has 1 aliphatic heterocycles. The van der Waals surface area contributed by atoms with E-state index in [1.165, 1.54) is 17.1 Å². The molecule has 3 aromatic heterocycles. The summed E-state index contributed by atoms with van der Waals surface area (Å²) in [4.78, 5) is 36.1. The van der Waals surface area contributed by atoms with Crippen LogP contribution in [-0.4, -0.2) is 66.0 Å². The number of aromatic nitrogens is 5. The van der Waals surface area contributed by atoms with E-state index in [-0.39, 0.29) is 23.9 Å². The number of anilines is 2. The number of likely N-dealkylation sites (tertiary alicyclic amines) is 1. The molecule has 0 unspecified atom stereocenters. The van der Waals surface area contributed by atoms with E-state index in [0.29, 0.717) is 42.8 Å². The Morgan fingerprint density at radius 2 is 1.82 bits per heavy atom. The Morgan fingerprint density at radius 3 is 2.47 bits per heavy atom. The van der Waals surface area contributed by atoms with Crippen molar-refractivity contribution in [3.63, 3.8) is 0 Å². The molecule has 1 saturated carbocycles. The van der Waals surface area contributed by atoms with E-state index in [1.54, 1.807) is 24.1 Å². The van der Waals surface area contributed by atoms with Gasteiger partial charge in [-0.15, -0.1) is 0 Å². The highest BCUT2D eigenvalue weighted by atomic mass is 16.5. The Balaban J connectivity index is 1.16. The Bertz CT molecular complexity index is 1520. The number of rotatable bonds is 7. The fraction of sp³-hybridized carbons (Fsp3) is 0.370. The van der Waals surface area contributed by atoms with Crippen molar-refractivity contribution in [3.8, 4) is 11.6 Å². The smallest absolute Gasteiger partial charge is 0.264 e. The normalized spacial score (nSPS) is 16.9. The van der Waals surface area contributed by atoms with E-state index in [2.05, 4.69) is 20.4 Å². The van der Waals surface area contributed by atoms with Gasteiger partial charge in [0.25, 0.3) is 5.56 Å². The zero-order valence-corrected chi connectivity index (χ0v) is 21.1. The van der Waals surface area contributed by atoms with Crippen LogP contribution in [0.1, 0.15) is 25.7 Å². The molecule has 196 valence electrons. The lowest BCUT2D eigenvalue weighted by Gasteiger charge is -2.38. The maximum Gasteiger partial charge on any atom is 0.264 e. The number of piperidine rings is 1. The minimum Gasteiger partial charge on any atom is -0.481 e. The molecule has 2 N–H and O–H groups in total. The molecule has 6 rings (SSSR count). The molecule has 38 heavy (non-hydrogen) atoms. The SMILES string of the molecule is COc1ccc(Nc2ccc(-n3ncc4c(=O)n(CC5(O)CCN(C(=O)C6CC6)CC5)cnc43)cc2)cn1. The van der Waals surface area contributed by atoms with E-state index < -0.39 is 5.60 Å². The van der Waals surface area contributed by atoms with Crippen LogP contribution in [0, 0.1) is 5.92 Å². The van der Waals surface area contributed by atoms with Gasteiger partial charge < -0.3 is 20.1 Å². The van der Waals surface area contributed by atoms with Crippen LogP contribution in [0.2, 0.25) is 0 Å². The summed E-state index contributed by atoms with van der Waals surface area (Å²) in [6.07, 6.45) is 7.47. The third-order valence-electron chi connectivity index (χ3n) is 7.30. The van der Waals surface area contributed by atoms with E-state index in [1.807, 2.05) is 35.2 Å². The topological polar surface area (TPSA) is 127 Å². The fourth-order valence-corrected chi connectivity index (χ4v) is 4.88.